The highest BCUT2D eigenvalue weighted by Crippen LogP contribution is 2.28. The monoisotopic (exact) mass is 314 g/mol. The van der Waals surface area contributed by atoms with Crippen molar-refractivity contribution >= 4 is 15.7 Å². The van der Waals surface area contributed by atoms with Crippen molar-refractivity contribution in [1.82, 2.24) is 4.31 Å². The maximum atomic E-state index is 12.9. The molecular weight excluding hydrogens is 288 g/mol. The van der Waals surface area contributed by atoms with Crippen molar-refractivity contribution in [3.63, 3.8) is 0 Å². The van der Waals surface area contributed by atoms with Crippen molar-refractivity contribution in [2.75, 3.05) is 18.9 Å². The van der Waals surface area contributed by atoms with E-state index in [1.807, 2.05) is 27.7 Å². The SMILES string of the molecule is CCC(CC)N(CCO)S(=O)(=O)c1cc(C)c(C)cc1N. The minimum absolute atomic E-state index is 0.0844. The Morgan fingerprint density at radius 3 is 2.19 bits per heavy atom. The van der Waals surface area contributed by atoms with Gasteiger partial charge in [0.2, 0.25) is 10.0 Å². The lowest BCUT2D eigenvalue weighted by molar-refractivity contribution is 0.219. The van der Waals surface area contributed by atoms with Crippen molar-refractivity contribution < 1.29 is 13.5 Å². The van der Waals surface area contributed by atoms with Crippen LogP contribution >= 0.6 is 0 Å². The molecule has 1 aromatic rings. The minimum atomic E-state index is -3.71. The molecule has 0 radical (unpaired) electrons. The van der Waals surface area contributed by atoms with Crippen molar-refractivity contribution in [1.29, 1.82) is 0 Å². The number of hydrogen-bond acceptors (Lipinski definition) is 4. The molecule has 0 unspecified atom stereocenters. The molecule has 1 aromatic carbocycles. The van der Waals surface area contributed by atoms with Crippen molar-refractivity contribution in [3.8, 4) is 0 Å². The number of benzene rings is 1. The molecule has 0 aliphatic carbocycles. The molecule has 120 valence electrons. The van der Waals surface area contributed by atoms with Gasteiger partial charge in [0.05, 0.1) is 12.3 Å². The third kappa shape index (κ3) is 3.75. The molecular formula is C15H26N2O3S. The minimum Gasteiger partial charge on any atom is -0.398 e. The van der Waals surface area contributed by atoms with E-state index in [0.717, 1.165) is 11.1 Å². The third-order valence-corrected chi connectivity index (χ3v) is 5.89. The summed E-state index contributed by atoms with van der Waals surface area (Å²) in [6.07, 6.45) is 1.39. The molecule has 0 atom stereocenters. The van der Waals surface area contributed by atoms with E-state index in [1.54, 1.807) is 12.1 Å². The van der Waals surface area contributed by atoms with Gasteiger partial charge in [0.25, 0.3) is 0 Å². The summed E-state index contributed by atoms with van der Waals surface area (Å²) in [5, 5.41) is 9.22. The zero-order valence-electron chi connectivity index (χ0n) is 13.3. The van der Waals surface area contributed by atoms with E-state index < -0.39 is 10.0 Å². The number of rotatable bonds is 7. The van der Waals surface area contributed by atoms with Gasteiger partial charge in [-0.15, -0.1) is 0 Å². The molecule has 0 heterocycles. The average molecular weight is 314 g/mol. The quantitative estimate of drug-likeness (QED) is 0.755. The van der Waals surface area contributed by atoms with Crippen molar-refractivity contribution in [3.05, 3.63) is 23.3 Å². The second kappa shape index (κ2) is 7.24. The van der Waals surface area contributed by atoms with E-state index in [1.165, 1.54) is 4.31 Å². The highest BCUT2D eigenvalue weighted by atomic mass is 32.2. The Bertz CT molecular complexity index is 581. The number of nitrogens with two attached hydrogens (primary N) is 1. The Labute approximate surface area is 127 Å². The van der Waals surface area contributed by atoms with Crippen LogP contribution < -0.4 is 5.73 Å². The summed E-state index contributed by atoms with van der Waals surface area (Å²) in [5.41, 5.74) is 8.03. The Hall–Kier alpha value is -1.11. The number of aryl methyl sites for hydroxylation is 2. The molecule has 3 N–H and O–H groups in total. The van der Waals surface area contributed by atoms with E-state index in [2.05, 4.69) is 0 Å². The molecule has 0 amide bonds. The van der Waals surface area contributed by atoms with Crippen LogP contribution in [-0.2, 0) is 10.0 Å². The van der Waals surface area contributed by atoms with Crippen molar-refractivity contribution in [2.45, 2.75) is 51.5 Å². The van der Waals surface area contributed by atoms with Crippen LogP contribution in [0.4, 0.5) is 5.69 Å². The maximum Gasteiger partial charge on any atom is 0.245 e. The van der Waals surface area contributed by atoms with Gasteiger partial charge in [-0.25, -0.2) is 8.42 Å². The molecule has 0 saturated heterocycles. The Kier molecular flexibility index (Phi) is 6.19. The lowest BCUT2D eigenvalue weighted by atomic mass is 10.1. The summed E-state index contributed by atoms with van der Waals surface area (Å²) in [4.78, 5) is 0.131. The van der Waals surface area contributed by atoms with Crippen LogP contribution in [0.5, 0.6) is 0 Å². The Morgan fingerprint density at radius 1 is 1.19 bits per heavy atom. The zero-order chi connectivity index (χ0) is 16.2. The van der Waals surface area contributed by atoms with Crippen LogP contribution in [0.25, 0.3) is 0 Å². The number of anilines is 1. The molecule has 0 fully saturated rings. The smallest absolute Gasteiger partial charge is 0.245 e. The summed E-state index contributed by atoms with van der Waals surface area (Å²) in [6, 6.07) is 3.17. The molecule has 5 nitrogen and oxygen atoms in total. The Morgan fingerprint density at radius 2 is 1.71 bits per heavy atom. The maximum absolute atomic E-state index is 12.9. The van der Waals surface area contributed by atoms with Gasteiger partial charge < -0.3 is 10.8 Å². The van der Waals surface area contributed by atoms with Gasteiger partial charge in [0.15, 0.2) is 0 Å². The van der Waals surface area contributed by atoms with Crippen LogP contribution in [0, 0.1) is 13.8 Å². The largest absolute Gasteiger partial charge is 0.398 e. The summed E-state index contributed by atoms with van der Waals surface area (Å²) >= 11 is 0. The van der Waals surface area contributed by atoms with Gasteiger partial charge in [0.1, 0.15) is 4.90 Å². The summed E-state index contributed by atoms with van der Waals surface area (Å²) in [7, 11) is -3.71. The van der Waals surface area contributed by atoms with Gasteiger partial charge in [0, 0.05) is 12.6 Å². The predicted octanol–water partition coefficient (Wildman–Crippen LogP) is 2.06. The molecule has 0 aliphatic heterocycles. The first kappa shape index (κ1) is 17.9. The van der Waals surface area contributed by atoms with Gasteiger partial charge in [-0.3, -0.25) is 0 Å². The molecule has 21 heavy (non-hydrogen) atoms. The predicted molar refractivity (Wildman–Crippen MR) is 85.7 cm³/mol. The zero-order valence-corrected chi connectivity index (χ0v) is 14.1. The molecule has 6 heteroatoms. The standard InChI is InChI=1S/C15H26N2O3S/c1-5-13(6-2)17(7-8-18)21(19,20)15-10-12(4)11(3)9-14(15)16/h9-10,13,18H,5-8,16H2,1-4H3. The van der Waals surface area contributed by atoms with Crippen LogP contribution in [0.2, 0.25) is 0 Å². The van der Waals surface area contributed by atoms with E-state index in [9.17, 15) is 13.5 Å². The first-order valence-corrected chi connectivity index (χ1v) is 8.72. The molecule has 0 bridgehead atoms. The normalized spacial score (nSPS) is 12.3. The highest BCUT2D eigenvalue weighted by molar-refractivity contribution is 7.89. The first-order chi connectivity index (χ1) is 9.79. The molecule has 1 rings (SSSR count). The fourth-order valence-electron chi connectivity index (χ4n) is 2.46. The summed E-state index contributed by atoms with van der Waals surface area (Å²) in [5.74, 6) is 0. The van der Waals surface area contributed by atoms with E-state index in [4.69, 9.17) is 5.73 Å². The fourth-order valence-corrected chi connectivity index (χ4v) is 4.40. The number of hydrogen-bond donors (Lipinski definition) is 2. The van der Waals surface area contributed by atoms with Crippen molar-refractivity contribution in [2.24, 2.45) is 0 Å². The van der Waals surface area contributed by atoms with E-state index in [0.29, 0.717) is 12.8 Å². The van der Waals surface area contributed by atoms with Gasteiger partial charge >= 0.3 is 0 Å². The van der Waals surface area contributed by atoms with E-state index >= 15 is 0 Å². The number of nitrogens with zero attached hydrogens (tertiary/aromatic N) is 1. The molecule has 0 aromatic heterocycles. The summed E-state index contributed by atoms with van der Waals surface area (Å²) < 4.78 is 27.2. The van der Waals surface area contributed by atoms with Crippen LogP contribution in [0.1, 0.15) is 37.8 Å². The second-order valence-electron chi connectivity index (χ2n) is 5.28. The lowest BCUT2D eigenvalue weighted by Gasteiger charge is -2.29. The van der Waals surface area contributed by atoms with Crippen LogP contribution in [-0.4, -0.2) is 37.0 Å². The van der Waals surface area contributed by atoms with E-state index in [-0.39, 0.29) is 29.8 Å². The Balaban J connectivity index is 3.38. The van der Waals surface area contributed by atoms with Gasteiger partial charge in [-0.05, 0) is 49.9 Å². The topological polar surface area (TPSA) is 83.6 Å². The fraction of sp³-hybridized carbons (Fsp3) is 0.600. The lowest BCUT2D eigenvalue weighted by Crippen LogP contribution is -2.41. The molecule has 0 aliphatic rings. The van der Waals surface area contributed by atoms with Gasteiger partial charge in [-0.2, -0.15) is 4.31 Å². The molecule has 0 saturated carbocycles. The highest BCUT2D eigenvalue weighted by Gasteiger charge is 2.31. The van der Waals surface area contributed by atoms with Gasteiger partial charge in [-0.1, -0.05) is 13.8 Å². The van der Waals surface area contributed by atoms with Crippen LogP contribution in [0.15, 0.2) is 17.0 Å². The summed E-state index contributed by atoms with van der Waals surface area (Å²) in [6.45, 7) is 7.52. The first-order valence-electron chi connectivity index (χ1n) is 7.28. The van der Waals surface area contributed by atoms with Crippen LogP contribution in [0.3, 0.4) is 0 Å². The second-order valence-corrected chi connectivity index (χ2v) is 7.14. The number of nitrogen functional groups attached to an aromatic ring is 1. The number of aliphatic hydroxyl groups excluding tert-OH is 1. The third-order valence-electron chi connectivity index (χ3n) is 3.88. The number of sulfonamides is 1. The number of aliphatic hydroxyl groups is 1. The average Bonchev–Trinajstić information content (AvgIpc) is 2.43. The molecule has 0 spiro atoms.